The fourth-order valence-corrected chi connectivity index (χ4v) is 11.5. The molecule has 9 rings (SSSR count). The lowest BCUT2D eigenvalue weighted by atomic mass is 9.85. The Kier molecular flexibility index (Phi) is 31.3. The number of carbonyl (C=O) groups excluding carboxylic acids is 8. The Morgan fingerprint density at radius 3 is 1.21 bits per heavy atom. The molecule has 3 saturated heterocycles. The van der Waals surface area contributed by atoms with Crippen LogP contribution in [0.4, 0.5) is 9.59 Å². The van der Waals surface area contributed by atoms with Crippen LogP contribution >= 0.6 is 35.3 Å². The van der Waals surface area contributed by atoms with E-state index in [1.54, 1.807) is 13.0 Å². The standard InChI is InChI=1S/C10H16O.C9H14O2.C8H13NO.C8H12O2S.C8H12O2.2C7H12N2O.2C7H11NO2S/c1-7-5-8(9(11)6-7)10(2,3)4;1-9(2,3)8-6(10)4-5-7(8)11;1-6-5-7(10-9-6)8(2,3)4;1-8(2,3)7-5(9)4-6(10)11-7;1-8(2,3)7-4-6(9)5-10-7;2*1-5-8-6(9-10-5)7(2,3)4;2*1-7(2,3)4-5(9)8-6(10)11-4/h11H,1,5-6H2,2-4H3;10H,4-5H2,1-3H3;5H,1-4H3;7H,4H2,1-3H3;4H,5H2,1-3H3;1-4H3;1H2,2-4H3,(H,8,9);2*4H,1-3H3,(H,8,9,10). The number of amides is 4. The quantitative estimate of drug-likeness (QED) is 0.121. The summed E-state index contributed by atoms with van der Waals surface area (Å²) in [4.78, 5) is 101. The van der Waals surface area contributed by atoms with Crippen molar-refractivity contribution in [2.75, 3.05) is 6.61 Å². The second-order valence-corrected chi connectivity index (χ2v) is 36.5. The third-order valence-corrected chi connectivity index (χ3v) is 18.3. The summed E-state index contributed by atoms with van der Waals surface area (Å²) in [6, 6.07) is 1.97. The van der Waals surface area contributed by atoms with E-state index in [0.29, 0.717) is 48.1 Å². The molecule has 2 aromatic rings. The predicted octanol–water partition coefficient (Wildman–Crippen LogP) is 16.7. The molecule has 2 aromatic heterocycles. The van der Waals surface area contributed by atoms with E-state index in [9.17, 15) is 48.6 Å². The van der Waals surface area contributed by atoms with Gasteiger partial charge in [0.15, 0.2) is 34.9 Å². The molecule has 0 spiro atoms. The van der Waals surface area contributed by atoms with Gasteiger partial charge in [0.25, 0.3) is 10.5 Å². The van der Waals surface area contributed by atoms with Crippen LogP contribution in [-0.4, -0.2) is 98.5 Å². The zero-order chi connectivity index (χ0) is 74.3. The zero-order valence-electron chi connectivity index (χ0n) is 62.4. The average molecular weight is 1380 g/mol. The van der Waals surface area contributed by atoms with E-state index in [2.05, 4.69) is 133 Å². The molecule has 7 heterocycles. The molecule has 7 aliphatic rings. The Morgan fingerprint density at radius 2 is 1.04 bits per heavy atom. The van der Waals surface area contributed by atoms with Crippen molar-refractivity contribution < 1.29 is 67.2 Å². The molecular weight excluding hydrogens is 1270 g/mol. The number of imide groups is 2. The van der Waals surface area contributed by atoms with Gasteiger partial charge in [0.1, 0.15) is 17.4 Å². The lowest BCUT2D eigenvalue weighted by molar-refractivity contribution is -0.123. The number of ether oxygens (including phenoxy) is 1. The van der Waals surface area contributed by atoms with Crippen molar-refractivity contribution in [2.45, 2.75) is 259 Å². The first-order valence-electron chi connectivity index (χ1n) is 31.7. The molecule has 3 unspecified atom stereocenters. The molecule has 3 atom stereocenters. The third-order valence-electron chi connectivity index (χ3n) is 13.8. The molecule has 0 radical (unpaired) electrons. The first kappa shape index (κ1) is 86.7. The van der Waals surface area contributed by atoms with Crippen LogP contribution in [0.2, 0.25) is 0 Å². The maximum absolute atomic E-state index is 11.2. The van der Waals surface area contributed by atoms with E-state index in [-0.39, 0.29) is 122 Å². The number of hydrogen-bond acceptors (Lipinski definition) is 22. The first-order chi connectivity index (χ1) is 42.6. The predicted molar refractivity (Wildman–Crippen MR) is 381 cm³/mol. The lowest BCUT2D eigenvalue weighted by Crippen LogP contribution is -2.33. The van der Waals surface area contributed by atoms with Crippen LogP contribution in [0.25, 0.3) is 0 Å². The fraction of sp³-hybridized carbons (Fsp3) is 0.662. The fourth-order valence-electron chi connectivity index (χ4n) is 8.67. The molecule has 3 fully saturated rings. The number of hydroxylamine groups is 1. The maximum atomic E-state index is 11.2. The van der Waals surface area contributed by atoms with Gasteiger partial charge in [-0.05, 0) is 52.6 Å². The highest BCUT2D eigenvalue weighted by Gasteiger charge is 2.42. The molecule has 4 amide bonds. The topological polar surface area (TPSA) is 309 Å². The van der Waals surface area contributed by atoms with Gasteiger partial charge in [0.05, 0.1) is 39.4 Å². The number of rotatable bonds is 0. The van der Waals surface area contributed by atoms with Gasteiger partial charge in [-0.15, -0.1) is 0 Å². The number of nitrogens with zero attached hydrogens (tertiary/aromatic N) is 4. The highest BCUT2D eigenvalue weighted by atomic mass is 32.2. The van der Waals surface area contributed by atoms with Crippen LogP contribution in [0.3, 0.4) is 0 Å². The van der Waals surface area contributed by atoms with Gasteiger partial charge < -0.3 is 28.8 Å². The lowest BCUT2D eigenvalue weighted by Gasteiger charge is -2.23. The number of thioether (sulfide) groups is 3. The molecule has 5 N–H and O–H groups in total. The Hall–Kier alpha value is -6.27. The first-order valence-corrected chi connectivity index (χ1v) is 34.3. The Morgan fingerprint density at radius 1 is 0.547 bits per heavy atom. The van der Waals surface area contributed by atoms with Crippen LogP contribution in [0.15, 0.2) is 79.2 Å². The van der Waals surface area contributed by atoms with Crippen molar-refractivity contribution in [3.63, 3.8) is 0 Å². The van der Waals surface area contributed by atoms with Crippen molar-refractivity contribution >= 4 is 85.9 Å². The van der Waals surface area contributed by atoms with Crippen LogP contribution in [0.5, 0.6) is 0 Å². The van der Waals surface area contributed by atoms with Gasteiger partial charge >= 0.3 is 0 Å². The van der Waals surface area contributed by atoms with Gasteiger partial charge in [0, 0.05) is 65.6 Å². The summed E-state index contributed by atoms with van der Waals surface area (Å²) in [5.41, 5.74) is 6.18. The molecule has 95 heavy (non-hydrogen) atoms. The van der Waals surface area contributed by atoms with Crippen LogP contribution in [0.1, 0.15) is 242 Å². The second kappa shape index (κ2) is 34.3. The number of aliphatic imine (C=N–C) groups is 1. The SMILES string of the molecule is C=C1CC(O)=C(C(C)(C)C)C1.C=C1N=C(C(C)(C)C)NO1.CC(C)(C)C1=C(O)CCC1=O.CC(C)(C)C1=CC(=O)CO1.CC(C)(C)C1SC(=O)CC1=O.CC(C)(C)C1SC(=O)NC1=O.CC(C)(C)C1SC(=O)NC1=O.Cc1cc(C(C)(C)C)on1.Cc1nc(C(C)(C)C)no1. The maximum Gasteiger partial charge on any atom is 0.286 e. The number of ketones is 3. The average Bonchev–Trinajstić information content (AvgIpc) is 1.73. The van der Waals surface area contributed by atoms with Crippen molar-refractivity contribution in [3.05, 3.63) is 88.3 Å². The molecule has 21 nitrogen and oxygen atoms in total. The zero-order valence-corrected chi connectivity index (χ0v) is 64.8. The number of amidine groups is 1. The summed E-state index contributed by atoms with van der Waals surface area (Å²) in [6.45, 7) is 65.9. The number of aliphatic hydroxyl groups is 2. The van der Waals surface area contributed by atoms with Crippen LogP contribution in [-0.2, 0) is 49.2 Å². The van der Waals surface area contributed by atoms with Gasteiger partial charge in [-0.3, -0.25) is 49.0 Å². The summed E-state index contributed by atoms with van der Waals surface area (Å²) in [5, 5.41) is 30.0. The number of allylic oxidation sites excluding steroid dienone is 5. The van der Waals surface area contributed by atoms with E-state index in [4.69, 9.17) is 18.6 Å². The minimum absolute atomic E-state index is 0.00222. The Labute approximate surface area is 578 Å². The number of aromatic nitrogens is 3. The van der Waals surface area contributed by atoms with E-state index < -0.39 is 0 Å². The molecule has 534 valence electrons. The van der Waals surface area contributed by atoms with Crippen molar-refractivity contribution in [2.24, 2.45) is 42.9 Å². The van der Waals surface area contributed by atoms with E-state index in [1.807, 2.05) is 117 Å². The largest absolute Gasteiger partial charge is 0.512 e. The minimum Gasteiger partial charge on any atom is -0.512 e. The van der Waals surface area contributed by atoms with Gasteiger partial charge in [-0.2, -0.15) is 9.98 Å². The number of carbonyl (C=O) groups is 8. The summed E-state index contributed by atoms with van der Waals surface area (Å²) < 4.78 is 15.0. The normalized spacial score (nSPS) is 19.9. The van der Waals surface area contributed by atoms with E-state index in [0.717, 1.165) is 70.0 Å². The molecular formula is C71H113N7O14S3. The van der Waals surface area contributed by atoms with Gasteiger partial charge in [-0.1, -0.05) is 245 Å². The van der Waals surface area contributed by atoms with Crippen LogP contribution in [0, 0.1) is 51.8 Å². The van der Waals surface area contributed by atoms with Crippen molar-refractivity contribution in [1.29, 1.82) is 0 Å². The number of nitrogens with one attached hydrogen (secondary N) is 3. The summed E-state index contributed by atoms with van der Waals surface area (Å²) >= 11 is 3.35. The monoisotopic (exact) mass is 1380 g/mol. The number of Topliss-reactive ketones (excluding diaryl/α,β-unsaturated/α-hetero) is 2. The number of hydrogen-bond donors (Lipinski definition) is 5. The van der Waals surface area contributed by atoms with E-state index >= 15 is 0 Å². The summed E-state index contributed by atoms with van der Waals surface area (Å²) in [5.74, 6) is 5.21. The minimum atomic E-state index is -0.227. The molecule has 0 saturated carbocycles. The Balaban J connectivity index is 0.000000535. The number of aryl methyl sites for hydroxylation is 2. The Bertz CT molecular complexity index is 3020. The third kappa shape index (κ3) is 30.8. The molecule has 0 aromatic carbocycles. The molecule has 24 heteroatoms. The van der Waals surface area contributed by atoms with Crippen molar-refractivity contribution in [1.82, 2.24) is 31.4 Å². The molecule has 5 aliphatic heterocycles. The van der Waals surface area contributed by atoms with Crippen molar-refractivity contribution in [3.8, 4) is 0 Å². The second-order valence-electron chi connectivity index (χ2n) is 33.2. The summed E-state index contributed by atoms with van der Waals surface area (Å²) in [6.07, 6.45) is 4.30. The van der Waals surface area contributed by atoms with Gasteiger partial charge in [0.2, 0.25) is 23.6 Å². The van der Waals surface area contributed by atoms with E-state index in [1.165, 1.54) is 11.8 Å². The molecule has 2 aliphatic carbocycles. The van der Waals surface area contributed by atoms with Gasteiger partial charge in [-0.25, -0.2) is 5.48 Å². The number of aliphatic hydroxyl groups excluding tert-OH is 2. The van der Waals surface area contributed by atoms with Crippen LogP contribution < -0.4 is 16.1 Å². The summed E-state index contributed by atoms with van der Waals surface area (Å²) in [7, 11) is 0. The molecule has 0 bridgehead atoms. The highest BCUT2D eigenvalue weighted by Crippen LogP contribution is 2.41. The highest BCUT2D eigenvalue weighted by molar-refractivity contribution is 8.16. The smallest absolute Gasteiger partial charge is 0.286 e.